The first kappa shape index (κ1) is 22.4. The first-order valence-corrected chi connectivity index (χ1v) is 10.5. The third kappa shape index (κ3) is 6.63. The van der Waals surface area contributed by atoms with E-state index in [4.69, 9.17) is 4.74 Å². The number of pyridine rings is 1. The summed E-state index contributed by atoms with van der Waals surface area (Å²) in [6, 6.07) is 17.0. The molecule has 31 heavy (non-hydrogen) atoms. The van der Waals surface area contributed by atoms with Gasteiger partial charge in [0.05, 0.1) is 11.8 Å². The predicted octanol–water partition coefficient (Wildman–Crippen LogP) is 6.68. The van der Waals surface area contributed by atoms with Crippen molar-refractivity contribution in [2.75, 3.05) is 6.61 Å². The lowest BCUT2D eigenvalue weighted by Crippen LogP contribution is -1.97. The summed E-state index contributed by atoms with van der Waals surface area (Å²) in [5, 5.41) is 9.28. The van der Waals surface area contributed by atoms with E-state index in [9.17, 15) is 9.50 Å². The molecule has 0 saturated heterocycles. The number of hydrogen-bond donors (Lipinski definition) is 1. The van der Waals surface area contributed by atoms with E-state index in [0.29, 0.717) is 0 Å². The van der Waals surface area contributed by atoms with Gasteiger partial charge in [-0.05, 0) is 67.2 Å². The highest BCUT2D eigenvalue weighted by Gasteiger charge is 2.07. The quantitative estimate of drug-likeness (QED) is 0.295. The largest absolute Gasteiger partial charge is 0.486 e. The van der Waals surface area contributed by atoms with E-state index in [-0.39, 0.29) is 24.3 Å². The van der Waals surface area contributed by atoms with Crippen molar-refractivity contribution in [1.82, 2.24) is 4.98 Å². The molecular formula is C27H28FNO2. The molecule has 0 radical (unpaired) electrons. The predicted molar refractivity (Wildman–Crippen MR) is 125 cm³/mol. The van der Waals surface area contributed by atoms with Gasteiger partial charge in [0.15, 0.2) is 11.6 Å². The van der Waals surface area contributed by atoms with Crippen LogP contribution in [0, 0.1) is 5.82 Å². The van der Waals surface area contributed by atoms with Crippen LogP contribution >= 0.6 is 0 Å². The Bertz CT molecular complexity index is 1010. The van der Waals surface area contributed by atoms with E-state index in [2.05, 4.69) is 17.6 Å². The fourth-order valence-electron chi connectivity index (χ4n) is 3.21. The monoisotopic (exact) mass is 417 g/mol. The van der Waals surface area contributed by atoms with Gasteiger partial charge in [-0.2, -0.15) is 0 Å². The van der Waals surface area contributed by atoms with Crippen molar-refractivity contribution < 1.29 is 14.2 Å². The van der Waals surface area contributed by atoms with Crippen LogP contribution in [0.1, 0.15) is 31.9 Å². The molecule has 3 nitrogen and oxygen atoms in total. The first-order chi connectivity index (χ1) is 15.1. The van der Waals surface area contributed by atoms with Crippen molar-refractivity contribution in [3.8, 4) is 28.0 Å². The summed E-state index contributed by atoms with van der Waals surface area (Å²) in [5.74, 6) is -0.161. The number of ether oxygens (including phenoxy) is 1. The lowest BCUT2D eigenvalue weighted by Gasteiger charge is -2.08. The Kier molecular flexibility index (Phi) is 8.13. The van der Waals surface area contributed by atoms with E-state index >= 15 is 0 Å². The maximum atomic E-state index is 14.2. The number of hydrogen-bond acceptors (Lipinski definition) is 3. The molecule has 4 heteroatoms. The van der Waals surface area contributed by atoms with E-state index in [1.807, 2.05) is 61.7 Å². The molecule has 1 atom stereocenters. The molecule has 160 valence electrons. The fraction of sp³-hybridized carbons (Fsp3) is 0.222. The topological polar surface area (TPSA) is 42.4 Å². The van der Waals surface area contributed by atoms with Crippen LogP contribution in [0.2, 0.25) is 0 Å². The van der Waals surface area contributed by atoms with Gasteiger partial charge in [0.2, 0.25) is 0 Å². The van der Waals surface area contributed by atoms with Crippen LogP contribution in [0.5, 0.6) is 5.75 Å². The molecule has 1 heterocycles. The van der Waals surface area contributed by atoms with E-state index in [1.54, 1.807) is 12.1 Å². The van der Waals surface area contributed by atoms with Gasteiger partial charge >= 0.3 is 0 Å². The van der Waals surface area contributed by atoms with E-state index in [1.165, 1.54) is 6.07 Å². The van der Waals surface area contributed by atoms with Crippen molar-refractivity contribution in [2.24, 2.45) is 0 Å². The molecule has 0 amide bonds. The average Bonchev–Trinajstić information content (AvgIpc) is 2.78. The maximum absolute atomic E-state index is 14.2. The summed E-state index contributed by atoms with van der Waals surface area (Å²) in [6.45, 7) is 5.66. The highest BCUT2D eigenvalue weighted by Crippen LogP contribution is 2.28. The van der Waals surface area contributed by atoms with Crippen molar-refractivity contribution in [3.05, 3.63) is 91.0 Å². The van der Waals surface area contributed by atoms with Crippen LogP contribution in [-0.4, -0.2) is 22.8 Å². The lowest BCUT2D eigenvalue weighted by atomic mass is 10.0. The molecule has 3 aromatic rings. The van der Waals surface area contributed by atoms with E-state index < -0.39 is 0 Å². The Balaban J connectivity index is 1.64. The minimum Gasteiger partial charge on any atom is -0.486 e. The highest BCUT2D eigenvalue weighted by molar-refractivity contribution is 5.70. The van der Waals surface area contributed by atoms with Crippen LogP contribution in [0.15, 0.2) is 79.5 Å². The normalized spacial score (nSPS) is 12.1. The van der Waals surface area contributed by atoms with Gasteiger partial charge in [0.1, 0.15) is 6.61 Å². The lowest BCUT2D eigenvalue weighted by molar-refractivity contribution is 0.182. The minimum absolute atomic E-state index is 0.225. The van der Waals surface area contributed by atoms with Crippen LogP contribution in [0.4, 0.5) is 4.39 Å². The molecular weight excluding hydrogens is 389 g/mol. The second-order valence-corrected chi connectivity index (χ2v) is 7.48. The van der Waals surface area contributed by atoms with Crippen LogP contribution < -0.4 is 4.74 Å². The van der Waals surface area contributed by atoms with Gasteiger partial charge in [-0.15, -0.1) is 0 Å². The zero-order valence-electron chi connectivity index (χ0n) is 17.8. The van der Waals surface area contributed by atoms with Gasteiger partial charge in [-0.3, -0.25) is 4.98 Å². The smallest absolute Gasteiger partial charge is 0.165 e. The molecule has 1 aromatic heterocycles. The Morgan fingerprint density at radius 1 is 1.03 bits per heavy atom. The van der Waals surface area contributed by atoms with Gasteiger partial charge in [-0.1, -0.05) is 55.1 Å². The first-order valence-electron chi connectivity index (χ1n) is 10.5. The summed E-state index contributed by atoms with van der Waals surface area (Å²) >= 11 is 0. The number of allylic oxidation sites excluding steroid dienone is 1. The number of aliphatic hydroxyl groups excluding tert-OH is 1. The third-order valence-electron chi connectivity index (χ3n) is 4.91. The zero-order valence-corrected chi connectivity index (χ0v) is 17.8. The summed E-state index contributed by atoms with van der Waals surface area (Å²) in [5.41, 5.74) is 4.71. The standard InChI is InChI=1S/C27H28FNO2/c1-3-17-31-27-16-14-23(18-26(27)28)21-9-11-22(12-10-21)24-13-15-25(29-19-24)8-6-4-5-7-20(2)30/h3,6,8-16,18-20,30H,1,4-5,7,17H2,2H3. The summed E-state index contributed by atoms with van der Waals surface area (Å²) in [7, 11) is 0. The maximum Gasteiger partial charge on any atom is 0.165 e. The number of nitrogens with zero attached hydrogens (tertiary/aromatic N) is 1. The van der Waals surface area contributed by atoms with Crippen molar-refractivity contribution in [1.29, 1.82) is 0 Å². The number of aliphatic hydroxyl groups is 1. The second kappa shape index (κ2) is 11.2. The van der Waals surface area contributed by atoms with Gasteiger partial charge in [-0.25, -0.2) is 4.39 Å². The zero-order chi connectivity index (χ0) is 22.1. The number of aromatic nitrogens is 1. The molecule has 0 aliphatic rings. The minimum atomic E-state index is -0.387. The molecule has 1 unspecified atom stereocenters. The van der Waals surface area contributed by atoms with Crippen LogP contribution in [0.3, 0.4) is 0 Å². The molecule has 1 N–H and O–H groups in total. The number of rotatable bonds is 10. The molecule has 3 rings (SSSR count). The number of benzene rings is 2. The Morgan fingerprint density at radius 3 is 2.32 bits per heavy atom. The molecule has 0 bridgehead atoms. The van der Waals surface area contributed by atoms with Crippen LogP contribution in [0.25, 0.3) is 28.3 Å². The molecule has 0 aliphatic carbocycles. The van der Waals surface area contributed by atoms with Crippen molar-refractivity contribution in [3.63, 3.8) is 0 Å². The molecule has 2 aromatic carbocycles. The van der Waals surface area contributed by atoms with Gasteiger partial charge < -0.3 is 9.84 Å². The van der Waals surface area contributed by atoms with Gasteiger partial charge in [0, 0.05) is 11.8 Å². The van der Waals surface area contributed by atoms with E-state index in [0.717, 1.165) is 47.2 Å². The summed E-state index contributed by atoms with van der Waals surface area (Å²) in [4.78, 5) is 4.51. The fourth-order valence-corrected chi connectivity index (χ4v) is 3.21. The molecule has 0 saturated carbocycles. The summed E-state index contributed by atoms with van der Waals surface area (Å²) in [6.07, 6.45) is 10.0. The molecule has 0 aliphatic heterocycles. The number of unbranched alkanes of at least 4 members (excludes halogenated alkanes) is 1. The van der Waals surface area contributed by atoms with Crippen molar-refractivity contribution >= 4 is 6.08 Å². The average molecular weight is 418 g/mol. The molecule has 0 spiro atoms. The SMILES string of the molecule is C=CCOc1ccc(-c2ccc(-c3ccc(C=CCCCC(C)O)nc3)cc2)cc1F. The van der Waals surface area contributed by atoms with Crippen molar-refractivity contribution in [2.45, 2.75) is 32.3 Å². The number of halogens is 1. The third-order valence-corrected chi connectivity index (χ3v) is 4.91. The Hall–Kier alpha value is -3.24. The second-order valence-electron chi connectivity index (χ2n) is 7.48. The van der Waals surface area contributed by atoms with Crippen LogP contribution in [-0.2, 0) is 0 Å². The Morgan fingerprint density at radius 2 is 1.71 bits per heavy atom. The Labute approximate surface area is 183 Å². The molecule has 0 fully saturated rings. The highest BCUT2D eigenvalue weighted by atomic mass is 19.1. The van der Waals surface area contributed by atoms with Gasteiger partial charge in [0.25, 0.3) is 0 Å². The summed E-state index contributed by atoms with van der Waals surface area (Å²) < 4.78 is 19.5.